The van der Waals surface area contributed by atoms with Crippen molar-refractivity contribution in [1.29, 1.82) is 0 Å². The van der Waals surface area contributed by atoms with Gasteiger partial charge in [-0.05, 0) is 6.92 Å². The molecule has 0 fully saturated rings. The zero-order chi connectivity index (χ0) is 14.7. The van der Waals surface area contributed by atoms with Crippen LogP contribution in [-0.4, -0.2) is 26.8 Å². The Morgan fingerprint density at radius 2 is 1.79 bits per heavy atom. The second-order valence-corrected chi connectivity index (χ2v) is 5.21. The molecule has 7 heteroatoms. The van der Waals surface area contributed by atoms with E-state index >= 15 is 0 Å². The molecule has 1 aromatic carbocycles. The zero-order valence-electron chi connectivity index (χ0n) is 9.81. The SMILES string of the molecule is CC(Br)C(=O)c1c(C(F)F)cccc1C(O)C(=O)O. The lowest BCUT2D eigenvalue weighted by Gasteiger charge is -2.16. The summed E-state index contributed by atoms with van der Waals surface area (Å²) in [6.07, 6.45) is -4.96. The maximum absolute atomic E-state index is 12.9. The Labute approximate surface area is 116 Å². The van der Waals surface area contributed by atoms with Crippen molar-refractivity contribution in [2.24, 2.45) is 0 Å². The first kappa shape index (κ1) is 15.7. The average molecular weight is 337 g/mol. The van der Waals surface area contributed by atoms with Gasteiger partial charge in [0.15, 0.2) is 11.9 Å². The highest BCUT2D eigenvalue weighted by Gasteiger charge is 2.29. The second kappa shape index (κ2) is 6.21. The number of aliphatic hydroxyl groups excluding tert-OH is 1. The van der Waals surface area contributed by atoms with Gasteiger partial charge in [-0.15, -0.1) is 0 Å². The van der Waals surface area contributed by atoms with E-state index < -0.39 is 40.2 Å². The minimum absolute atomic E-state index is 0.332. The van der Waals surface area contributed by atoms with Crippen LogP contribution in [0.4, 0.5) is 8.78 Å². The van der Waals surface area contributed by atoms with E-state index in [0.717, 1.165) is 12.1 Å². The fourth-order valence-corrected chi connectivity index (χ4v) is 1.84. The quantitative estimate of drug-likeness (QED) is 0.640. The molecule has 0 aliphatic heterocycles. The molecule has 0 aliphatic carbocycles. The van der Waals surface area contributed by atoms with Gasteiger partial charge in [0.05, 0.1) is 4.83 Å². The van der Waals surface area contributed by atoms with Crippen molar-refractivity contribution in [3.63, 3.8) is 0 Å². The number of rotatable bonds is 5. The summed E-state index contributed by atoms with van der Waals surface area (Å²) in [6.45, 7) is 1.43. The summed E-state index contributed by atoms with van der Waals surface area (Å²) in [5.41, 5.74) is -1.37. The summed E-state index contributed by atoms with van der Waals surface area (Å²) in [6, 6.07) is 3.36. The van der Waals surface area contributed by atoms with E-state index in [-0.39, 0.29) is 5.56 Å². The normalized spacial score (nSPS) is 14.2. The van der Waals surface area contributed by atoms with Crippen molar-refractivity contribution in [2.45, 2.75) is 24.3 Å². The van der Waals surface area contributed by atoms with Crippen molar-refractivity contribution in [3.8, 4) is 0 Å². The van der Waals surface area contributed by atoms with Crippen molar-refractivity contribution < 1.29 is 28.6 Å². The summed E-state index contributed by atoms with van der Waals surface area (Å²) in [4.78, 5) is 21.9. The van der Waals surface area contributed by atoms with Crippen LogP contribution in [0.5, 0.6) is 0 Å². The molecule has 0 heterocycles. The van der Waals surface area contributed by atoms with E-state index in [9.17, 15) is 23.5 Å². The van der Waals surface area contributed by atoms with Gasteiger partial charge in [-0.3, -0.25) is 4.79 Å². The van der Waals surface area contributed by atoms with Crippen LogP contribution in [0.15, 0.2) is 18.2 Å². The molecule has 2 atom stereocenters. The molecular weight excluding hydrogens is 326 g/mol. The monoisotopic (exact) mass is 336 g/mol. The number of Topliss-reactive ketones (excluding diaryl/α,β-unsaturated/α-hetero) is 1. The summed E-state index contributed by atoms with van der Waals surface area (Å²) in [5, 5.41) is 18.3. The Morgan fingerprint density at radius 3 is 2.21 bits per heavy atom. The molecule has 0 radical (unpaired) electrons. The standard InChI is InChI=1S/C12H11BrF2O4/c1-5(13)9(16)8-6(10(17)12(18)19)3-2-4-7(8)11(14)15/h2-5,10-11,17H,1H3,(H,18,19). The Balaban J connectivity index is 3.51. The Morgan fingerprint density at radius 1 is 1.26 bits per heavy atom. The molecule has 0 bridgehead atoms. The van der Waals surface area contributed by atoms with E-state index in [1.807, 2.05) is 0 Å². The summed E-state index contributed by atoms with van der Waals surface area (Å²) in [5.74, 6) is -2.31. The predicted molar refractivity (Wildman–Crippen MR) is 66.7 cm³/mol. The lowest BCUT2D eigenvalue weighted by Crippen LogP contribution is -2.20. The van der Waals surface area contributed by atoms with Crippen LogP contribution in [0.1, 0.15) is 40.9 Å². The number of alkyl halides is 3. The number of ketones is 1. The maximum Gasteiger partial charge on any atom is 0.337 e. The van der Waals surface area contributed by atoms with Gasteiger partial charge >= 0.3 is 5.97 Å². The number of hydrogen-bond donors (Lipinski definition) is 2. The third kappa shape index (κ3) is 3.36. The number of halogens is 3. The molecule has 4 nitrogen and oxygen atoms in total. The number of hydrogen-bond acceptors (Lipinski definition) is 3. The molecule has 0 spiro atoms. The van der Waals surface area contributed by atoms with E-state index in [1.54, 1.807) is 0 Å². The molecule has 0 amide bonds. The van der Waals surface area contributed by atoms with E-state index in [0.29, 0.717) is 0 Å². The van der Waals surface area contributed by atoms with Crippen molar-refractivity contribution in [1.82, 2.24) is 0 Å². The van der Waals surface area contributed by atoms with E-state index in [4.69, 9.17) is 5.11 Å². The van der Waals surface area contributed by atoms with Crippen molar-refractivity contribution in [3.05, 3.63) is 34.9 Å². The lowest BCUT2D eigenvalue weighted by atomic mass is 9.93. The molecule has 19 heavy (non-hydrogen) atoms. The number of aliphatic carboxylic acids is 1. The van der Waals surface area contributed by atoms with Crippen LogP contribution >= 0.6 is 15.9 Å². The van der Waals surface area contributed by atoms with Gasteiger partial charge in [-0.25, -0.2) is 13.6 Å². The highest BCUT2D eigenvalue weighted by atomic mass is 79.9. The Bertz CT molecular complexity index is 503. The molecule has 0 saturated heterocycles. The van der Waals surface area contributed by atoms with Gasteiger partial charge in [-0.1, -0.05) is 34.1 Å². The number of carboxylic acid groups (broad SMARTS) is 1. The van der Waals surface area contributed by atoms with Gasteiger partial charge in [0.25, 0.3) is 6.43 Å². The minimum atomic E-state index is -2.94. The number of benzene rings is 1. The van der Waals surface area contributed by atoms with Gasteiger partial charge < -0.3 is 10.2 Å². The number of carbonyl (C=O) groups excluding carboxylic acids is 1. The fraction of sp³-hybridized carbons (Fsp3) is 0.333. The van der Waals surface area contributed by atoms with Gasteiger partial charge in [0.2, 0.25) is 0 Å². The van der Waals surface area contributed by atoms with Gasteiger partial charge in [0, 0.05) is 16.7 Å². The van der Waals surface area contributed by atoms with Crippen LogP contribution in [0, 0.1) is 0 Å². The predicted octanol–water partition coefficient (Wildman–Crippen LogP) is 2.71. The van der Waals surface area contributed by atoms with Gasteiger partial charge in [0.1, 0.15) is 0 Å². The highest BCUT2D eigenvalue weighted by Crippen LogP contribution is 2.30. The Hall–Kier alpha value is -1.34. The molecular formula is C12H11BrF2O4. The van der Waals surface area contributed by atoms with Crippen LogP contribution in [0.25, 0.3) is 0 Å². The van der Waals surface area contributed by atoms with Crippen LogP contribution < -0.4 is 0 Å². The molecule has 1 aromatic rings. The third-order valence-electron chi connectivity index (χ3n) is 2.50. The van der Waals surface area contributed by atoms with E-state index in [1.165, 1.54) is 13.0 Å². The van der Waals surface area contributed by atoms with Crippen LogP contribution in [0.3, 0.4) is 0 Å². The van der Waals surface area contributed by atoms with Crippen molar-refractivity contribution >= 4 is 27.7 Å². The van der Waals surface area contributed by atoms with E-state index in [2.05, 4.69) is 15.9 Å². The summed E-state index contributed by atoms with van der Waals surface area (Å²) in [7, 11) is 0. The number of carboxylic acids is 1. The third-order valence-corrected chi connectivity index (χ3v) is 2.92. The maximum atomic E-state index is 12.9. The van der Waals surface area contributed by atoms with Crippen molar-refractivity contribution in [2.75, 3.05) is 0 Å². The number of aliphatic hydroxyl groups is 1. The molecule has 0 aliphatic rings. The first-order chi connectivity index (χ1) is 8.77. The number of carbonyl (C=O) groups is 2. The first-order valence-corrected chi connectivity index (χ1v) is 6.19. The zero-order valence-corrected chi connectivity index (χ0v) is 11.4. The first-order valence-electron chi connectivity index (χ1n) is 5.27. The second-order valence-electron chi connectivity index (χ2n) is 3.83. The topological polar surface area (TPSA) is 74.6 Å². The smallest absolute Gasteiger partial charge is 0.337 e. The van der Waals surface area contributed by atoms with Crippen LogP contribution in [-0.2, 0) is 4.79 Å². The molecule has 1 rings (SSSR count). The summed E-state index contributed by atoms with van der Waals surface area (Å²) >= 11 is 2.96. The molecule has 2 N–H and O–H groups in total. The highest BCUT2D eigenvalue weighted by molar-refractivity contribution is 9.10. The minimum Gasteiger partial charge on any atom is -0.479 e. The molecule has 2 unspecified atom stereocenters. The average Bonchev–Trinajstić information content (AvgIpc) is 2.35. The Kier molecular flexibility index (Phi) is 5.13. The molecule has 0 saturated carbocycles. The van der Waals surface area contributed by atoms with Gasteiger partial charge in [-0.2, -0.15) is 0 Å². The summed E-state index contributed by atoms with van der Waals surface area (Å²) < 4.78 is 25.8. The molecule has 104 valence electrons. The fourth-order valence-electron chi connectivity index (χ4n) is 1.61. The molecule has 0 aromatic heterocycles. The largest absolute Gasteiger partial charge is 0.479 e. The lowest BCUT2D eigenvalue weighted by molar-refractivity contribution is -0.146. The van der Waals surface area contributed by atoms with Crippen LogP contribution in [0.2, 0.25) is 0 Å².